The number of hydrogen-bond acceptors (Lipinski definition) is 4. The third-order valence-corrected chi connectivity index (χ3v) is 3.43. The number of aromatic amines is 1. The highest BCUT2D eigenvalue weighted by molar-refractivity contribution is 9.10. The molecule has 0 bridgehead atoms. The van der Waals surface area contributed by atoms with Crippen LogP contribution in [0, 0.1) is 0 Å². The highest BCUT2D eigenvalue weighted by Crippen LogP contribution is 2.13. The van der Waals surface area contributed by atoms with Crippen LogP contribution in [-0.4, -0.2) is 25.7 Å². The molecule has 0 aliphatic carbocycles. The quantitative estimate of drug-likeness (QED) is 0.747. The van der Waals surface area contributed by atoms with Crippen LogP contribution in [-0.2, 0) is 0 Å². The fourth-order valence-corrected chi connectivity index (χ4v) is 2.11. The number of nitrogens with one attached hydrogen (secondary N) is 2. The van der Waals surface area contributed by atoms with Gasteiger partial charge in [0.2, 0.25) is 0 Å². The lowest BCUT2D eigenvalue weighted by atomic mass is 10.3. The molecule has 1 amide bonds. The standard InChI is InChI=1S/C14H10BrN5O2/c15-9-1-3-10(4-2-9)20-14(22)12(8-18-20)19-13(21)11-7-16-5-6-17-11/h1-8,18H,(H,19,21). The van der Waals surface area contributed by atoms with Gasteiger partial charge in [-0.2, -0.15) is 0 Å². The lowest BCUT2D eigenvalue weighted by Gasteiger charge is -2.01. The largest absolute Gasteiger partial charge is 0.315 e. The monoisotopic (exact) mass is 359 g/mol. The van der Waals surface area contributed by atoms with Gasteiger partial charge < -0.3 is 5.32 Å². The first-order valence-corrected chi connectivity index (χ1v) is 7.08. The second-order valence-electron chi connectivity index (χ2n) is 4.35. The van der Waals surface area contributed by atoms with Gasteiger partial charge in [-0.25, -0.2) is 9.67 Å². The van der Waals surface area contributed by atoms with E-state index in [0.717, 1.165) is 4.47 Å². The maximum Gasteiger partial charge on any atom is 0.294 e. The highest BCUT2D eigenvalue weighted by Gasteiger charge is 2.13. The molecule has 2 aromatic heterocycles. The van der Waals surface area contributed by atoms with Gasteiger partial charge in [0.25, 0.3) is 11.5 Å². The fraction of sp³-hybridized carbons (Fsp3) is 0. The van der Waals surface area contributed by atoms with Crippen LogP contribution in [0.15, 0.2) is 58.3 Å². The number of aromatic nitrogens is 4. The number of H-pyrrole nitrogens is 1. The maximum absolute atomic E-state index is 12.3. The number of carbonyl (C=O) groups is 1. The summed E-state index contributed by atoms with van der Waals surface area (Å²) in [7, 11) is 0. The second kappa shape index (κ2) is 5.94. The number of amides is 1. The Labute approximate surface area is 133 Å². The van der Waals surface area contributed by atoms with Gasteiger partial charge in [-0.15, -0.1) is 0 Å². The molecule has 0 fully saturated rings. The molecule has 7 nitrogen and oxygen atoms in total. The highest BCUT2D eigenvalue weighted by atomic mass is 79.9. The van der Waals surface area contributed by atoms with E-state index in [4.69, 9.17) is 0 Å². The van der Waals surface area contributed by atoms with E-state index in [0.29, 0.717) is 5.69 Å². The number of hydrogen-bond donors (Lipinski definition) is 2. The van der Waals surface area contributed by atoms with Crippen LogP contribution in [0.2, 0.25) is 0 Å². The molecule has 3 aromatic rings. The Morgan fingerprint density at radius 1 is 1.23 bits per heavy atom. The summed E-state index contributed by atoms with van der Waals surface area (Å²) in [5.74, 6) is -0.493. The van der Waals surface area contributed by atoms with Gasteiger partial charge in [-0.05, 0) is 24.3 Å². The molecule has 0 aliphatic heterocycles. The van der Waals surface area contributed by atoms with Gasteiger partial charge in [-0.1, -0.05) is 15.9 Å². The zero-order chi connectivity index (χ0) is 15.5. The van der Waals surface area contributed by atoms with Crippen molar-refractivity contribution in [1.29, 1.82) is 0 Å². The zero-order valence-electron chi connectivity index (χ0n) is 11.2. The Kier molecular flexibility index (Phi) is 3.84. The van der Waals surface area contributed by atoms with Crippen LogP contribution in [0.5, 0.6) is 0 Å². The second-order valence-corrected chi connectivity index (χ2v) is 5.26. The summed E-state index contributed by atoms with van der Waals surface area (Å²) >= 11 is 3.33. The molecule has 2 heterocycles. The molecular weight excluding hydrogens is 350 g/mol. The molecule has 0 atom stereocenters. The minimum Gasteiger partial charge on any atom is -0.315 e. The first kappa shape index (κ1) is 14.2. The van der Waals surface area contributed by atoms with E-state index < -0.39 is 5.91 Å². The van der Waals surface area contributed by atoms with Crippen LogP contribution in [0.25, 0.3) is 5.69 Å². The Bertz CT molecular complexity index is 855. The molecule has 0 aliphatic rings. The van der Waals surface area contributed by atoms with Crippen molar-refractivity contribution in [3.63, 3.8) is 0 Å². The first-order valence-electron chi connectivity index (χ1n) is 6.29. The van der Waals surface area contributed by atoms with Gasteiger partial charge in [0.05, 0.1) is 11.9 Å². The molecule has 8 heteroatoms. The van der Waals surface area contributed by atoms with Crippen molar-refractivity contribution in [2.24, 2.45) is 0 Å². The summed E-state index contributed by atoms with van der Waals surface area (Å²) in [5, 5.41) is 5.32. The van der Waals surface area contributed by atoms with Crippen LogP contribution < -0.4 is 10.9 Å². The van der Waals surface area contributed by atoms with Crippen LogP contribution in [0.4, 0.5) is 5.69 Å². The van der Waals surface area contributed by atoms with Crippen LogP contribution >= 0.6 is 15.9 Å². The molecule has 110 valence electrons. The Balaban J connectivity index is 1.86. The molecule has 0 unspecified atom stereocenters. The van der Waals surface area contributed by atoms with Gasteiger partial charge >= 0.3 is 0 Å². The predicted molar refractivity (Wildman–Crippen MR) is 84.1 cm³/mol. The van der Waals surface area contributed by atoms with Crippen molar-refractivity contribution < 1.29 is 4.79 Å². The van der Waals surface area contributed by atoms with Crippen LogP contribution in [0.3, 0.4) is 0 Å². The van der Waals surface area contributed by atoms with Gasteiger partial charge in [0, 0.05) is 23.1 Å². The molecule has 0 radical (unpaired) electrons. The van der Waals surface area contributed by atoms with Gasteiger partial charge in [-0.3, -0.25) is 19.7 Å². The van der Waals surface area contributed by atoms with Crippen molar-refractivity contribution >= 4 is 27.5 Å². The molecule has 2 N–H and O–H groups in total. The summed E-state index contributed by atoms with van der Waals surface area (Å²) in [6.45, 7) is 0. The number of anilines is 1. The molecular formula is C14H10BrN5O2. The average Bonchev–Trinajstić information content (AvgIpc) is 2.90. The van der Waals surface area contributed by atoms with Crippen molar-refractivity contribution in [3.05, 3.63) is 69.6 Å². The van der Waals surface area contributed by atoms with E-state index >= 15 is 0 Å². The zero-order valence-corrected chi connectivity index (χ0v) is 12.7. The molecule has 22 heavy (non-hydrogen) atoms. The minimum atomic E-state index is -0.493. The molecule has 0 saturated heterocycles. The minimum absolute atomic E-state index is 0.137. The topological polar surface area (TPSA) is 92.7 Å². The Morgan fingerprint density at radius 3 is 2.68 bits per heavy atom. The number of nitrogens with zero attached hydrogens (tertiary/aromatic N) is 3. The Morgan fingerprint density at radius 2 is 2.00 bits per heavy atom. The SMILES string of the molecule is O=C(Nc1c[nH]n(-c2ccc(Br)cc2)c1=O)c1cnccn1. The lowest BCUT2D eigenvalue weighted by Crippen LogP contribution is -2.21. The number of halogens is 1. The molecule has 0 saturated carbocycles. The summed E-state index contributed by atoms with van der Waals surface area (Å²) in [4.78, 5) is 32.0. The summed E-state index contributed by atoms with van der Waals surface area (Å²) in [6.07, 6.45) is 5.63. The fourth-order valence-electron chi connectivity index (χ4n) is 1.84. The third-order valence-electron chi connectivity index (χ3n) is 2.90. The Hall–Kier alpha value is -2.74. The summed E-state index contributed by atoms with van der Waals surface area (Å²) < 4.78 is 2.24. The van der Waals surface area contributed by atoms with Crippen LogP contribution in [0.1, 0.15) is 10.5 Å². The number of carbonyl (C=O) groups excluding carboxylic acids is 1. The molecule has 3 rings (SSSR count). The maximum atomic E-state index is 12.3. The summed E-state index contributed by atoms with van der Waals surface area (Å²) in [6, 6.07) is 7.19. The number of rotatable bonds is 3. The smallest absolute Gasteiger partial charge is 0.294 e. The predicted octanol–water partition coefficient (Wildman–Crippen LogP) is 1.97. The van der Waals surface area contributed by atoms with Gasteiger partial charge in [0.15, 0.2) is 0 Å². The van der Waals surface area contributed by atoms with E-state index in [1.165, 1.54) is 29.5 Å². The van der Waals surface area contributed by atoms with Crippen molar-refractivity contribution in [3.8, 4) is 5.69 Å². The first-order chi connectivity index (χ1) is 10.6. The van der Waals surface area contributed by atoms with Crippen molar-refractivity contribution in [2.45, 2.75) is 0 Å². The van der Waals surface area contributed by atoms with E-state index in [1.54, 1.807) is 12.1 Å². The average molecular weight is 360 g/mol. The summed E-state index contributed by atoms with van der Waals surface area (Å²) in [5.41, 5.74) is 0.574. The third kappa shape index (κ3) is 2.82. The number of benzene rings is 1. The van der Waals surface area contributed by atoms with E-state index in [9.17, 15) is 9.59 Å². The van der Waals surface area contributed by atoms with E-state index in [2.05, 4.69) is 36.3 Å². The van der Waals surface area contributed by atoms with Gasteiger partial charge in [0.1, 0.15) is 11.4 Å². The normalized spacial score (nSPS) is 10.4. The molecule has 1 aromatic carbocycles. The van der Waals surface area contributed by atoms with E-state index in [-0.39, 0.29) is 16.9 Å². The van der Waals surface area contributed by atoms with Crippen molar-refractivity contribution in [1.82, 2.24) is 19.7 Å². The van der Waals surface area contributed by atoms with Crippen molar-refractivity contribution in [2.75, 3.05) is 5.32 Å². The lowest BCUT2D eigenvalue weighted by molar-refractivity contribution is 0.102. The molecule has 0 spiro atoms. The van der Waals surface area contributed by atoms with E-state index in [1.807, 2.05) is 12.1 Å².